The highest BCUT2D eigenvalue weighted by Gasteiger charge is 2.29. The zero-order chi connectivity index (χ0) is 20.6. The second kappa shape index (κ2) is 8.46. The van der Waals surface area contributed by atoms with Gasteiger partial charge in [0, 0.05) is 29.8 Å². The Labute approximate surface area is 189 Å². The van der Waals surface area contributed by atoms with Crippen molar-refractivity contribution in [2.45, 2.75) is 23.2 Å². The number of halogens is 3. The van der Waals surface area contributed by atoms with Crippen LogP contribution in [-0.4, -0.2) is 21.0 Å². The Morgan fingerprint density at radius 1 is 1.07 bits per heavy atom. The second-order valence-corrected chi connectivity index (χ2v) is 11.3. The highest BCUT2D eigenvalue weighted by molar-refractivity contribution is 7.91. The third-order valence-electron chi connectivity index (χ3n) is 4.71. The molecule has 3 aromatic rings. The van der Waals surface area contributed by atoms with Gasteiger partial charge in [-0.05, 0) is 41.8 Å². The third-order valence-corrected chi connectivity index (χ3v) is 8.81. The molecule has 0 aliphatic carbocycles. The molecule has 2 heterocycles. The van der Waals surface area contributed by atoms with Crippen LogP contribution in [0, 0.1) is 0 Å². The van der Waals surface area contributed by atoms with Crippen LogP contribution in [0.2, 0.25) is 14.4 Å². The van der Waals surface area contributed by atoms with Crippen molar-refractivity contribution in [1.82, 2.24) is 4.72 Å². The van der Waals surface area contributed by atoms with Crippen LogP contribution in [0.3, 0.4) is 0 Å². The Morgan fingerprint density at radius 2 is 1.83 bits per heavy atom. The van der Waals surface area contributed by atoms with Crippen molar-refractivity contribution >= 4 is 61.9 Å². The van der Waals surface area contributed by atoms with Gasteiger partial charge in [0.05, 0.1) is 5.02 Å². The van der Waals surface area contributed by atoms with Crippen molar-refractivity contribution in [2.24, 2.45) is 0 Å². The number of nitrogens with zero attached hydrogens (tertiary/aromatic N) is 1. The number of fused-ring (bicyclic) bond motifs is 1. The van der Waals surface area contributed by atoms with Gasteiger partial charge in [0.1, 0.15) is 8.55 Å². The maximum Gasteiger partial charge on any atom is 0.250 e. The molecule has 9 heteroatoms. The summed E-state index contributed by atoms with van der Waals surface area (Å²) in [5, 5.41) is 0.868. The van der Waals surface area contributed by atoms with E-state index in [0.29, 0.717) is 24.5 Å². The summed E-state index contributed by atoms with van der Waals surface area (Å²) in [4.78, 5) is 2.17. The minimum Gasteiger partial charge on any atom is -0.365 e. The summed E-state index contributed by atoms with van der Waals surface area (Å²) in [6, 6.07) is 16.9. The highest BCUT2D eigenvalue weighted by Crippen LogP contribution is 2.35. The molecule has 1 unspecified atom stereocenters. The lowest BCUT2D eigenvalue weighted by molar-refractivity contribution is 0.526. The monoisotopic (exact) mass is 486 g/mol. The van der Waals surface area contributed by atoms with Gasteiger partial charge in [-0.1, -0.05) is 65.1 Å². The maximum absolute atomic E-state index is 12.8. The molecule has 1 aliphatic heterocycles. The van der Waals surface area contributed by atoms with Crippen LogP contribution >= 0.6 is 46.1 Å². The summed E-state index contributed by atoms with van der Waals surface area (Å²) in [7, 11) is -3.73. The molecule has 0 saturated carbocycles. The van der Waals surface area contributed by atoms with E-state index in [2.05, 4.69) is 21.8 Å². The average molecular weight is 488 g/mol. The van der Waals surface area contributed by atoms with Crippen molar-refractivity contribution < 1.29 is 8.42 Å². The van der Waals surface area contributed by atoms with Gasteiger partial charge in [-0.15, -0.1) is 11.3 Å². The number of hydrogen-bond acceptors (Lipinski definition) is 4. The quantitative estimate of drug-likeness (QED) is 0.508. The third kappa shape index (κ3) is 4.74. The van der Waals surface area contributed by atoms with E-state index in [9.17, 15) is 8.42 Å². The van der Waals surface area contributed by atoms with Crippen LogP contribution in [0.25, 0.3) is 0 Å². The summed E-state index contributed by atoms with van der Waals surface area (Å²) in [5.41, 5.74) is 3.22. The van der Waals surface area contributed by atoms with Crippen molar-refractivity contribution in [3.63, 3.8) is 0 Å². The lowest BCUT2D eigenvalue weighted by Crippen LogP contribution is -2.47. The fraction of sp³-hybridized carbons (Fsp3) is 0.200. The molecule has 0 spiro atoms. The number of nitrogens with one attached hydrogen (secondary N) is 1. The van der Waals surface area contributed by atoms with Crippen molar-refractivity contribution in [3.05, 3.63) is 80.1 Å². The van der Waals surface area contributed by atoms with Gasteiger partial charge < -0.3 is 4.90 Å². The van der Waals surface area contributed by atoms with Gasteiger partial charge in [-0.2, -0.15) is 0 Å². The van der Waals surface area contributed by atoms with E-state index in [4.69, 9.17) is 34.8 Å². The molecule has 4 nitrogen and oxygen atoms in total. The standard InChI is InChI=1S/C20H17Cl3N2O2S2/c21-15-6-7-18-14(8-15)9-16(12-25(18)11-13-4-2-1-3-5-13)24-29(26,27)19-10-17(22)20(23)28-19/h1-8,10,16,24H,9,11-12H2. The Hall–Kier alpha value is -1.28. The van der Waals surface area contributed by atoms with E-state index >= 15 is 0 Å². The maximum atomic E-state index is 12.8. The summed E-state index contributed by atoms with van der Waals surface area (Å²) < 4.78 is 28.9. The summed E-state index contributed by atoms with van der Waals surface area (Å²) >= 11 is 19.0. The highest BCUT2D eigenvalue weighted by atomic mass is 35.5. The molecule has 0 bridgehead atoms. The molecule has 0 amide bonds. The number of sulfonamides is 1. The van der Waals surface area contributed by atoms with E-state index in [0.717, 1.165) is 28.2 Å². The van der Waals surface area contributed by atoms with Crippen LogP contribution in [0.15, 0.2) is 58.8 Å². The largest absolute Gasteiger partial charge is 0.365 e. The van der Waals surface area contributed by atoms with Crippen molar-refractivity contribution in [1.29, 1.82) is 0 Å². The second-order valence-electron chi connectivity index (χ2n) is 6.85. The molecule has 4 rings (SSSR count). The molecule has 152 valence electrons. The first-order valence-electron chi connectivity index (χ1n) is 8.86. The van der Waals surface area contributed by atoms with Gasteiger partial charge in [0.2, 0.25) is 10.0 Å². The van der Waals surface area contributed by atoms with Crippen molar-refractivity contribution in [3.8, 4) is 0 Å². The summed E-state index contributed by atoms with van der Waals surface area (Å²) in [6.07, 6.45) is 0.549. The van der Waals surface area contributed by atoms with Crippen LogP contribution in [0.1, 0.15) is 11.1 Å². The Kier molecular flexibility index (Phi) is 6.11. The minimum atomic E-state index is -3.73. The predicted octanol–water partition coefficient (Wildman–Crippen LogP) is 5.62. The molecular weight excluding hydrogens is 471 g/mol. The zero-order valence-corrected chi connectivity index (χ0v) is 19.0. The van der Waals surface area contributed by atoms with Gasteiger partial charge >= 0.3 is 0 Å². The van der Waals surface area contributed by atoms with Gasteiger partial charge in [0.15, 0.2) is 0 Å². The molecule has 1 N–H and O–H groups in total. The minimum absolute atomic E-state index is 0.110. The molecule has 1 aliphatic rings. The lowest BCUT2D eigenvalue weighted by atomic mass is 9.98. The van der Waals surface area contributed by atoms with Crippen LogP contribution in [0.5, 0.6) is 0 Å². The molecular formula is C20H17Cl3N2O2S2. The van der Waals surface area contributed by atoms with E-state index < -0.39 is 10.0 Å². The first-order chi connectivity index (χ1) is 13.8. The Bertz CT molecular complexity index is 1110. The number of hydrogen-bond donors (Lipinski definition) is 1. The summed E-state index contributed by atoms with van der Waals surface area (Å²) in [5.74, 6) is 0. The predicted molar refractivity (Wildman–Crippen MR) is 121 cm³/mol. The van der Waals surface area contributed by atoms with E-state index in [-0.39, 0.29) is 19.6 Å². The first-order valence-corrected chi connectivity index (χ1v) is 12.3. The number of benzene rings is 2. The smallest absolute Gasteiger partial charge is 0.250 e. The lowest BCUT2D eigenvalue weighted by Gasteiger charge is -2.36. The van der Waals surface area contributed by atoms with Crippen LogP contribution < -0.4 is 9.62 Å². The topological polar surface area (TPSA) is 49.4 Å². The number of anilines is 1. The van der Waals surface area contributed by atoms with Crippen molar-refractivity contribution in [2.75, 3.05) is 11.4 Å². The molecule has 0 saturated heterocycles. The van der Waals surface area contributed by atoms with Gasteiger partial charge in [-0.25, -0.2) is 13.1 Å². The fourth-order valence-corrected chi connectivity index (χ4v) is 6.81. The van der Waals surface area contributed by atoms with E-state index in [1.165, 1.54) is 6.07 Å². The number of thiophene rings is 1. The van der Waals surface area contributed by atoms with E-state index in [1.54, 1.807) is 0 Å². The molecule has 2 aromatic carbocycles. The zero-order valence-electron chi connectivity index (χ0n) is 15.1. The van der Waals surface area contributed by atoms with E-state index in [1.807, 2.05) is 36.4 Å². The SMILES string of the molecule is O=S(=O)(NC1Cc2cc(Cl)ccc2N(Cc2ccccc2)C1)c1cc(Cl)c(Cl)s1. The Balaban J connectivity index is 1.62. The molecule has 1 atom stereocenters. The number of rotatable bonds is 5. The molecule has 1 aromatic heterocycles. The molecule has 0 fully saturated rings. The van der Waals surface area contributed by atoms with Crippen LogP contribution in [0.4, 0.5) is 5.69 Å². The molecule has 0 radical (unpaired) electrons. The first kappa shape index (κ1) is 21.0. The average Bonchev–Trinajstić information content (AvgIpc) is 3.01. The van der Waals surface area contributed by atoms with Gasteiger partial charge in [-0.3, -0.25) is 0 Å². The normalized spacial score (nSPS) is 16.7. The van der Waals surface area contributed by atoms with Gasteiger partial charge in [0.25, 0.3) is 0 Å². The fourth-order valence-electron chi connectivity index (χ4n) is 3.49. The summed E-state index contributed by atoms with van der Waals surface area (Å²) in [6.45, 7) is 1.21. The van der Waals surface area contributed by atoms with Crippen LogP contribution in [-0.2, 0) is 23.0 Å². The Morgan fingerprint density at radius 3 is 2.52 bits per heavy atom. The molecule has 29 heavy (non-hydrogen) atoms.